The maximum atomic E-state index is 12.1. The van der Waals surface area contributed by atoms with Gasteiger partial charge >= 0.3 is 0 Å². The molecule has 0 aromatic heterocycles. The zero-order chi connectivity index (χ0) is 11.3. The summed E-state index contributed by atoms with van der Waals surface area (Å²) in [7, 11) is 0. The minimum Gasteiger partial charge on any atom is -0.342 e. The Morgan fingerprint density at radius 2 is 2.00 bits per heavy atom. The van der Waals surface area contributed by atoms with Gasteiger partial charge in [0.1, 0.15) is 0 Å². The fourth-order valence-electron chi connectivity index (χ4n) is 2.15. The van der Waals surface area contributed by atoms with Crippen molar-refractivity contribution in [2.24, 2.45) is 17.6 Å². The maximum Gasteiger partial charge on any atom is 0.226 e. The van der Waals surface area contributed by atoms with Crippen molar-refractivity contribution in [2.45, 2.75) is 39.5 Å². The number of amides is 1. The summed E-state index contributed by atoms with van der Waals surface area (Å²) < 4.78 is 0. The SMILES string of the molecule is CCC(C)CC(CN)C(=O)N1CCCC1. The van der Waals surface area contributed by atoms with Gasteiger partial charge in [-0.3, -0.25) is 4.79 Å². The molecule has 88 valence electrons. The Bertz CT molecular complexity index is 200. The third-order valence-electron chi connectivity index (χ3n) is 3.44. The van der Waals surface area contributed by atoms with E-state index < -0.39 is 0 Å². The summed E-state index contributed by atoms with van der Waals surface area (Å²) in [6.07, 6.45) is 4.39. The van der Waals surface area contributed by atoms with Gasteiger partial charge in [0.15, 0.2) is 0 Å². The molecule has 2 unspecified atom stereocenters. The molecular formula is C12H24N2O. The minimum absolute atomic E-state index is 0.0537. The van der Waals surface area contributed by atoms with Crippen LogP contribution >= 0.6 is 0 Å². The molecule has 3 nitrogen and oxygen atoms in total. The van der Waals surface area contributed by atoms with Crippen LogP contribution in [0.1, 0.15) is 39.5 Å². The highest BCUT2D eigenvalue weighted by atomic mass is 16.2. The third-order valence-corrected chi connectivity index (χ3v) is 3.44. The van der Waals surface area contributed by atoms with Crippen molar-refractivity contribution in [1.82, 2.24) is 4.90 Å². The van der Waals surface area contributed by atoms with E-state index in [0.29, 0.717) is 12.5 Å². The Morgan fingerprint density at radius 1 is 1.40 bits per heavy atom. The normalized spacial score (nSPS) is 20.3. The summed E-state index contributed by atoms with van der Waals surface area (Å²) in [5.74, 6) is 0.943. The lowest BCUT2D eigenvalue weighted by atomic mass is 9.93. The van der Waals surface area contributed by atoms with Crippen molar-refractivity contribution < 1.29 is 4.79 Å². The predicted octanol–water partition coefficient (Wildman–Crippen LogP) is 1.62. The number of nitrogens with zero attached hydrogens (tertiary/aromatic N) is 1. The number of carbonyl (C=O) groups is 1. The van der Waals surface area contributed by atoms with Crippen LogP contribution in [0.2, 0.25) is 0 Å². The first kappa shape index (κ1) is 12.5. The Balaban J connectivity index is 2.45. The molecule has 2 N–H and O–H groups in total. The van der Waals surface area contributed by atoms with E-state index in [1.165, 1.54) is 0 Å². The second-order valence-corrected chi connectivity index (χ2v) is 4.71. The standard InChI is InChI=1S/C12H24N2O/c1-3-10(2)8-11(9-13)12(15)14-6-4-5-7-14/h10-11H,3-9,13H2,1-2H3. The number of rotatable bonds is 5. The second-order valence-electron chi connectivity index (χ2n) is 4.71. The molecule has 1 amide bonds. The topological polar surface area (TPSA) is 46.3 Å². The van der Waals surface area contributed by atoms with Crippen LogP contribution in [0.3, 0.4) is 0 Å². The van der Waals surface area contributed by atoms with Crippen molar-refractivity contribution >= 4 is 5.91 Å². The van der Waals surface area contributed by atoms with Gasteiger partial charge < -0.3 is 10.6 Å². The maximum absolute atomic E-state index is 12.1. The summed E-state index contributed by atoms with van der Waals surface area (Å²) in [6.45, 7) is 6.74. The Labute approximate surface area is 93.0 Å². The van der Waals surface area contributed by atoms with Crippen LogP contribution in [0.4, 0.5) is 0 Å². The molecule has 0 radical (unpaired) electrons. The lowest BCUT2D eigenvalue weighted by molar-refractivity contribution is -0.134. The Kier molecular flexibility index (Phi) is 5.09. The number of likely N-dealkylation sites (tertiary alicyclic amines) is 1. The molecular weight excluding hydrogens is 188 g/mol. The molecule has 0 aliphatic carbocycles. The number of carbonyl (C=O) groups excluding carboxylic acids is 1. The van der Waals surface area contributed by atoms with Crippen LogP contribution in [0, 0.1) is 11.8 Å². The van der Waals surface area contributed by atoms with E-state index in [-0.39, 0.29) is 11.8 Å². The van der Waals surface area contributed by atoms with Crippen LogP contribution in [0.15, 0.2) is 0 Å². The zero-order valence-corrected chi connectivity index (χ0v) is 10.0. The molecule has 1 rings (SSSR count). The van der Waals surface area contributed by atoms with Gasteiger partial charge in [-0.25, -0.2) is 0 Å². The third kappa shape index (κ3) is 3.49. The highest BCUT2D eigenvalue weighted by Gasteiger charge is 2.26. The van der Waals surface area contributed by atoms with Gasteiger partial charge in [0.25, 0.3) is 0 Å². The van der Waals surface area contributed by atoms with Crippen LogP contribution < -0.4 is 5.73 Å². The van der Waals surface area contributed by atoms with Gasteiger partial charge in [-0.15, -0.1) is 0 Å². The lowest BCUT2D eigenvalue weighted by Crippen LogP contribution is -2.38. The van der Waals surface area contributed by atoms with Crippen LogP contribution in [0.25, 0.3) is 0 Å². The fraction of sp³-hybridized carbons (Fsp3) is 0.917. The van der Waals surface area contributed by atoms with E-state index >= 15 is 0 Å². The van der Waals surface area contributed by atoms with Crippen LogP contribution in [-0.4, -0.2) is 30.4 Å². The van der Waals surface area contributed by atoms with Gasteiger partial charge in [-0.2, -0.15) is 0 Å². The molecule has 1 aliphatic heterocycles. The smallest absolute Gasteiger partial charge is 0.226 e. The zero-order valence-electron chi connectivity index (χ0n) is 10.0. The molecule has 0 saturated carbocycles. The minimum atomic E-state index is 0.0537. The summed E-state index contributed by atoms with van der Waals surface area (Å²) in [5.41, 5.74) is 5.70. The van der Waals surface area contributed by atoms with Crippen molar-refractivity contribution in [3.63, 3.8) is 0 Å². The first-order chi connectivity index (χ1) is 7.19. The molecule has 1 saturated heterocycles. The highest BCUT2D eigenvalue weighted by Crippen LogP contribution is 2.19. The monoisotopic (exact) mass is 212 g/mol. The molecule has 0 spiro atoms. The summed E-state index contributed by atoms with van der Waals surface area (Å²) in [4.78, 5) is 14.1. The predicted molar refractivity (Wildman–Crippen MR) is 62.4 cm³/mol. The molecule has 3 heteroatoms. The Morgan fingerprint density at radius 3 is 2.47 bits per heavy atom. The first-order valence-electron chi connectivity index (χ1n) is 6.17. The molecule has 0 bridgehead atoms. The molecule has 1 heterocycles. The average molecular weight is 212 g/mol. The van der Waals surface area contributed by atoms with E-state index in [4.69, 9.17) is 5.73 Å². The number of hydrogen-bond donors (Lipinski definition) is 1. The van der Waals surface area contributed by atoms with Crippen LogP contribution in [-0.2, 0) is 4.79 Å². The summed E-state index contributed by atoms with van der Waals surface area (Å²) >= 11 is 0. The molecule has 1 aliphatic rings. The van der Waals surface area contributed by atoms with E-state index in [0.717, 1.165) is 38.8 Å². The molecule has 0 aromatic rings. The molecule has 2 atom stereocenters. The summed E-state index contributed by atoms with van der Waals surface area (Å²) in [6, 6.07) is 0. The van der Waals surface area contributed by atoms with Gasteiger partial charge in [-0.05, 0) is 25.2 Å². The van der Waals surface area contributed by atoms with Gasteiger partial charge in [0.05, 0.1) is 5.92 Å². The van der Waals surface area contributed by atoms with E-state index in [1.807, 2.05) is 4.90 Å². The van der Waals surface area contributed by atoms with E-state index in [9.17, 15) is 4.79 Å². The van der Waals surface area contributed by atoms with E-state index in [2.05, 4.69) is 13.8 Å². The number of hydrogen-bond acceptors (Lipinski definition) is 2. The average Bonchev–Trinajstić information content (AvgIpc) is 2.77. The molecule has 1 fully saturated rings. The summed E-state index contributed by atoms with van der Waals surface area (Å²) in [5, 5.41) is 0. The first-order valence-corrected chi connectivity index (χ1v) is 6.17. The number of nitrogens with two attached hydrogens (primary N) is 1. The quantitative estimate of drug-likeness (QED) is 0.752. The Hall–Kier alpha value is -0.570. The van der Waals surface area contributed by atoms with Crippen molar-refractivity contribution in [3.05, 3.63) is 0 Å². The largest absolute Gasteiger partial charge is 0.342 e. The lowest BCUT2D eigenvalue weighted by Gasteiger charge is -2.23. The second kappa shape index (κ2) is 6.11. The fourth-order valence-corrected chi connectivity index (χ4v) is 2.15. The highest BCUT2D eigenvalue weighted by molar-refractivity contribution is 5.79. The van der Waals surface area contributed by atoms with Gasteiger partial charge in [0.2, 0.25) is 5.91 Å². The van der Waals surface area contributed by atoms with Crippen molar-refractivity contribution in [3.8, 4) is 0 Å². The van der Waals surface area contributed by atoms with Crippen molar-refractivity contribution in [2.75, 3.05) is 19.6 Å². The van der Waals surface area contributed by atoms with Gasteiger partial charge in [0, 0.05) is 19.6 Å². The molecule has 15 heavy (non-hydrogen) atoms. The van der Waals surface area contributed by atoms with Crippen molar-refractivity contribution in [1.29, 1.82) is 0 Å². The van der Waals surface area contributed by atoms with Gasteiger partial charge in [-0.1, -0.05) is 20.3 Å². The van der Waals surface area contributed by atoms with Crippen LogP contribution in [0.5, 0.6) is 0 Å². The van der Waals surface area contributed by atoms with E-state index in [1.54, 1.807) is 0 Å². The molecule has 0 aromatic carbocycles.